The molecule has 0 aliphatic carbocycles. The summed E-state index contributed by atoms with van der Waals surface area (Å²) in [5.74, 6) is -0.571. The number of ether oxygens (including phenoxy) is 3. The Balaban J connectivity index is 2.54. The normalized spacial score (nSPS) is 12.9. The molecule has 180 valence electrons. The van der Waals surface area contributed by atoms with Crippen molar-refractivity contribution >= 4 is 0 Å². The lowest BCUT2D eigenvalue weighted by atomic mass is 9.91. The molecule has 1 aromatic carbocycles. The van der Waals surface area contributed by atoms with E-state index in [9.17, 15) is 0 Å². The molecular formula is C28H50O3. The minimum Gasteiger partial charge on any atom is -0.328 e. The predicted octanol–water partition coefficient (Wildman–Crippen LogP) is 8.31. The van der Waals surface area contributed by atoms with Gasteiger partial charge in [0.05, 0.1) is 0 Å². The van der Waals surface area contributed by atoms with Crippen molar-refractivity contribution in [2.24, 2.45) is 5.92 Å². The second-order valence-corrected chi connectivity index (χ2v) is 8.59. The Labute approximate surface area is 193 Å². The first-order valence-electron chi connectivity index (χ1n) is 13.2. The summed E-state index contributed by atoms with van der Waals surface area (Å²) >= 11 is 0. The number of rotatable bonds is 21. The van der Waals surface area contributed by atoms with Gasteiger partial charge in [0.1, 0.15) is 0 Å². The van der Waals surface area contributed by atoms with Crippen molar-refractivity contribution in [1.82, 2.24) is 0 Å². The fourth-order valence-corrected chi connectivity index (χ4v) is 4.47. The highest BCUT2D eigenvalue weighted by molar-refractivity contribution is 5.14. The van der Waals surface area contributed by atoms with Gasteiger partial charge in [0.15, 0.2) is 0 Å². The van der Waals surface area contributed by atoms with E-state index in [-0.39, 0.29) is 0 Å². The number of unbranched alkanes of at least 4 members (excludes halogenated alkanes) is 8. The van der Waals surface area contributed by atoms with E-state index < -0.39 is 5.97 Å². The fraction of sp³-hybridized carbons (Fsp3) is 0.786. The molecule has 0 aliphatic heterocycles. The van der Waals surface area contributed by atoms with E-state index >= 15 is 0 Å². The lowest BCUT2D eigenvalue weighted by Gasteiger charge is -2.39. The Morgan fingerprint density at radius 1 is 0.613 bits per heavy atom. The zero-order valence-electron chi connectivity index (χ0n) is 21.0. The Morgan fingerprint density at radius 3 is 1.61 bits per heavy atom. The van der Waals surface area contributed by atoms with Gasteiger partial charge in [-0.2, -0.15) is 0 Å². The van der Waals surface area contributed by atoms with Crippen molar-refractivity contribution in [1.29, 1.82) is 0 Å². The summed E-state index contributed by atoms with van der Waals surface area (Å²) in [7, 11) is 0. The summed E-state index contributed by atoms with van der Waals surface area (Å²) in [5, 5.41) is 0. The maximum absolute atomic E-state index is 6.16. The second-order valence-electron chi connectivity index (χ2n) is 8.59. The van der Waals surface area contributed by atoms with Gasteiger partial charge in [0, 0.05) is 25.7 Å². The van der Waals surface area contributed by atoms with Gasteiger partial charge in [0.25, 0.3) is 5.97 Å². The molecule has 1 rings (SSSR count). The van der Waals surface area contributed by atoms with Crippen LogP contribution in [0.3, 0.4) is 0 Å². The van der Waals surface area contributed by atoms with Gasteiger partial charge in [-0.15, -0.1) is 0 Å². The van der Waals surface area contributed by atoms with E-state index in [1.165, 1.54) is 76.2 Å². The lowest BCUT2D eigenvalue weighted by Crippen LogP contribution is -2.46. The molecule has 0 spiro atoms. The molecule has 0 radical (unpaired) electrons. The first kappa shape index (κ1) is 28.1. The lowest BCUT2D eigenvalue weighted by molar-refractivity contribution is -0.403. The summed E-state index contributed by atoms with van der Waals surface area (Å²) in [6.07, 6.45) is 16.3. The standard InChI is InChI=1S/C28H50O3/c1-5-9-10-11-12-19-24-27(28(29-6-2,30-7-3)31-8-4)25-20-14-13-16-21-26-22-17-15-18-23-26/h15,17-18,22-23,27H,5-14,16,19-21,24-25H2,1-4H3. The molecule has 0 aromatic heterocycles. The molecular weight excluding hydrogens is 384 g/mol. The van der Waals surface area contributed by atoms with Crippen LogP contribution in [0.1, 0.15) is 110 Å². The second kappa shape index (κ2) is 18.7. The molecule has 3 heteroatoms. The highest BCUT2D eigenvalue weighted by Gasteiger charge is 2.41. The molecule has 0 saturated heterocycles. The molecule has 0 fully saturated rings. The number of benzene rings is 1. The van der Waals surface area contributed by atoms with Crippen molar-refractivity contribution < 1.29 is 14.2 Å². The SMILES string of the molecule is CCCCCCCCC(CCCCCCc1ccccc1)C(OCC)(OCC)OCC. The van der Waals surface area contributed by atoms with Crippen LogP contribution in [-0.4, -0.2) is 25.8 Å². The Kier molecular flexibility index (Phi) is 16.9. The van der Waals surface area contributed by atoms with E-state index in [0.717, 1.165) is 12.8 Å². The molecule has 0 amide bonds. The zero-order chi connectivity index (χ0) is 22.6. The third kappa shape index (κ3) is 12.1. The molecule has 31 heavy (non-hydrogen) atoms. The molecule has 0 N–H and O–H groups in total. The maximum atomic E-state index is 6.16. The minimum absolute atomic E-state index is 0.299. The van der Waals surface area contributed by atoms with Crippen LogP contribution >= 0.6 is 0 Å². The van der Waals surface area contributed by atoms with Crippen LogP contribution in [0.15, 0.2) is 30.3 Å². The van der Waals surface area contributed by atoms with Gasteiger partial charge in [-0.25, -0.2) is 0 Å². The highest BCUT2D eigenvalue weighted by Crippen LogP contribution is 2.34. The van der Waals surface area contributed by atoms with E-state index in [4.69, 9.17) is 14.2 Å². The van der Waals surface area contributed by atoms with Crippen molar-refractivity contribution in [3.63, 3.8) is 0 Å². The average Bonchev–Trinajstić information content (AvgIpc) is 2.78. The highest BCUT2D eigenvalue weighted by atomic mass is 16.9. The summed E-state index contributed by atoms with van der Waals surface area (Å²) in [6, 6.07) is 10.8. The Bertz CT molecular complexity index is 485. The molecule has 3 nitrogen and oxygen atoms in total. The molecule has 0 aliphatic rings. The third-order valence-electron chi connectivity index (χ3n) is 6.05. The Morgan fingerprint density at radius 2 is 1.10 bits per heavy atom. The van der Waals surface area contributed by atoms with Gasteiger partial charge in [-0.1, -0.05) is 95.0 Å². The van der Waals surface area contributed by atoms with Crippen molar-refractivity contribution in [3.05, 3.63) is 35.9 Å². The van der Waals surface area contributed by atoms with E-state index in [2.05, 4.69) is 37.3 Å². The number of hydrogen-bond donors (Lipinski definition) is 0. The van der Waals surface area contributed by atoms with Crippen LogP contribution in [0.2, 0.25) is 0 Å². The summed E-state index contributed by atoms with van der Waals surface area (Å²) in [5.41, 5.74) is 1.45. The van der Waals surface area contributed by atoms with Gasteiger partial charge in [-0.3, -0.25) is 0 Å². The maximum Gasteiger partial charge on any atom is 0.285 e. The van der Waals surface area contributed by atoms with Crippen LogP contribution in [0.25, 0.3) is 0 Å². The largest absolute Gasteiger partial charge is 0.328 e. The first-order valence-corrected chi connectivity index (χ1v) is 13.2. The summed E-state index contributed by atoms with van der Waals surface area (Å²) in [4.78, 5) is 0. The van der Waals surface area contributed by atoms with Crippen LogP contribution in [0, 0.1) is 5.92 Å². The molecule has 1 aromatic rings. The van der Waals surface area contributed by atoms with E-state index in [1.807, 2.05) is 20.8 Å². The van der Waals surface area contributed by atoms with Crippen LogP contribution in [0.4, 0.5) is 0 Å². The van der Waals surface area contributed by atoms with Crippen molar-refractivity contribution in [2.75, 3.05) is 19.8 Å². The van der Waals surface area contributed by atoms with Crippen LogP contribution in [-0.2, 0) is 20.6 Å². The minimum atomic E-state index is -0.869. The topological polar surface area (TPSA) is 27.7 Å². The quantitative estimate of drug-likeness (QED) is 0.144. The first-order chi connectivity index (χ1) is 15.2. The van der Waals surface area contributed by atoms with E-state index in [1.54, 1.807) is 0 Å². The van der Waals surface area contributed by atoms with E-state index in [0.29, 0.717) is 25.7 Å². The van der Waals surface area contributed by atoms with Crippen molar-refractivity contribution in [2.45, 2.75) is 117 Å². The molecule has 1 unspecified atom stereocenters. The predicted molar refractivity (Wildman–Crippen MR) is 132 cm³/mol. The van der Waals surface area contributed by atoms with Crippen molar-refractivity contribution in [3.8, 4) is 0 Å². The zero-order valence-corrected chi connectivity index (χ0v) is 21.0. The Hall–Kier alpha value is -0.900. The molecule has 0 saturated carbocycles. The molecule has 1 atom stereocenters. The number of hydrogen-bond acceptors (Lipinski definition) is 3. The average molecular weight is 435 g/mol. The molecule has 0 heterocycles. The molecule has 0 bridgehead atoms. The fourth-order valence-electron chi connectivity index (χ4n) is 4.47. The summed E-state index contributed by atoms with van der Waals surface area (Å²) < 4.78 is 18.5. The van der Waals surface area contributed by atoms with Crippen LogP contribution < -0.4 is 0 Å². The van der Waals surface area contributed by atoms with Gasteiger partial charge >= 0.3 is 0 Å². The monoisotopic (exact) mass is 434 g/mol. The van der Waals surface area contributed by atoms with Crippen LogP contribution in [0.5, 0.6) is 0 Å². The summed E-state index contributed by atoms with van der Waals surface area (Å²) in [6.45, 7) is 10.2. The smallest absolute Gasteiger partial charge is 0.285 e. The van der Waals surface area contributed by atoms with Gasteiger partial charge < -0.3 is 14.2 Å². The van der Waals surface area contributed by atoms with Gasteiger partial charge in [0.2, 0.25) is 0 Å². The van der Waals surface area contributed by atoms with Gasteiger partial charge in [-0.05, 0) is 52.0 Å². The third-order valence-corrected chi connectivity index (χ3v) is 6.05. The number of aryl methyl sites for hydroxylation is 1.